The molecule has 126 valence electrons. The molecule has 3 rings (SSSR count). The second kappa shape index (κ2) is 8.46. The van der Waals surface area contributed by atoms with Gasteiger partial charge in [0.15, 0.2) is 0 Å². The number of hydrogen-bond acceptors (Lipinski definition) is 3. The van der Waals surface area contributed by atoms with E-state index in [-0.39, 0.29) is 18.1 Å². The van der Waals surface area contributed by atoms with Gasteiger partial charge in [0.25, 0.3) is 0 Å². The number of carbonyl (C=O) groups excluding carboxylic acids is 1. The number of nitrogens with one attached hydrogen (secondary N) is 1. The Bertz CT molecular complexity index is 511. The second-order valence-corrected chi connectivity index (χ2v) is 6.49. The Kier molecular flexibility index (Phi) is 6.06. The van der Waals surface area contributed by atoms with E-state index in [1.807, 2.05) is 0 Å². The van der Waals surface area contributed by atoms with Crippen molar-refractivity contribution in [3.05, 3.63) is 35.4 Å². The summed E-state index contributed by atoms with van der Waals surface area (Å²) in [7, 11) is 0. The van der Waals surface area contributed by atoms with Crippen molar-refractivity contribution in [3.8, 4) is 0 Å². The SMILES string of the molecule is O=C(C[C@@H]1CCCO1)NCCCO[C@@H]1CCCc2ccccc21. The molecule has 1 saturated heterocycles. The van der Waals surface area contributed by atoms with Crippen molar-refractivity contribution in [3.63, 3.8) is 0 Å². The van der Waals surface area contributed by atoms with Gasteiger partial charge in [0.1, 0.15) is 0 Å². The number of amides is 1. The van der Waals surface area contributed by atoms with Gasteiger partial charge in [-0.15, -0.1) is 0 Å². The quantitative estimate of drug-likeness (QED) is 0.786. The molecular formula is C19H27NO3. The first-order valence-electron chi connectivity index (χ1n) is 8.90. The molecule has 0 bridgehead atoms. The van der Waals surface area contributed by atoms with Crippen LogP contribution in [0, 0.1) is 0 Å². The highest BCUT2D eigenvalue weighted by atomic mass is 16.5. The van der Waals surface area contributed by atoms with E-state index in [0.29, 0.717) is 19.6 Å². The van der Waals surface area contributed by atoms with Crippen molar-refractivity contribution in [1.82, 2.24) is 5.32 Å². The Balaban J connectivity index is 1.32. The molecule has 2 atom stereocenters. The van der Waals surface area contributed by atoms with Crippen LogP contribution in [0.3, 0.4) is 0 Å². The maximum atomic E-state index is 11.8. The molecule has 4 nitrogen and oxygen atoms in total. The average Bonchev–Trinajstić information content (AvgIpc) is 3.07. The van der Waals surface area contributed by atoms with Gasteiger partial charge in [-0.05, 0) is 49.7 Å². The Morgan fingerprint density at radius 2 is 2.17 bits per heavy atom. The summed E-state index contributed by atoms with van der Waals surface area (Å²) in [6, 6.07) is 8.58. The smallest absolute Gasteiger partial charge is 0.222 e. The van der Waals surface area contributed by atoms with Crippen molar-refractivity contribution in [2.24, 2.45) is 0 Å². The first kappa shape index (κ1) is 16.5. The molecule has 1 aliphatic carbocycles. The molecule has 1 N–H and O–H groups in total. The van der Waals surface area contributed by atoms with Crippen molar-refractivity contribution in [2.75, 3.05) is 19.8 Å². The summed E-state index contributed by atoms with van der Waals surface area (Å²) in [6.45, 7) is 2.17. The lowest BCUT2D eigenvalue weighted by Crippen LogP contribution is -2.28. The first-order chi connectivity index (χ1) is 11.3. The largest absolute Gasteiger partial charge is 0.378 e. The number of aryl methyl sites for hydroxylation is 1. The van der Waals surface area contributed by atoms with Crippen molar-refractivity contribution in [2.45, 2.75) is 57.2 Å². The Morgan fingerprint density at radius 1 is 1.26 bits per heavy atom. The summed E-state index contributed by atoms with van der Waals surface area (Å²) < 4.78 is 11.5. The number of hydrogen-bond donors (Lipinski definition) is 1. The van der Waals surface area contributed by atoms with Gasteiger partial charge < -0.3 is 14.8 Å². The molecule has 2 aliphatic rings. The van der Waals surface area contributed by atoms with Crippen LogP contribution in [0.4, 0.5) is 0 Å². The van der Waals surface area contributed by atoms with E-state index in [0.717, 1.165) is 38.7 Å². The molecule has 0 radical (unpaired) electrons. The third kappa shape index (κ3) is 4.79. The van der Waals surface area contributed by atoms with E-state index < -0.39 is 0 Å². The highest BCUT2D eigenvalue weighted by molar-refractivity contribution is 5.76. The lowest BCUT2D eigenvalue weighted by Gasteiger charge is -2.25. The normalized spacial score (nSPS) is 23.5. The van der Waals surface area contributed by atoms with E-state index in [9.17, 15) is 4.79 Å². The van der Waals surface area contributed by atoms with Crippen LogP contribution in [0.25, 0.3) is 0 Å². The zero-order valence-corrected chi connectivity index (χ0v) is 13.8. The van der Waals surface area contributed by atoms with Crippen LogP contribution in [0.15, 0.2) is 24.3 Å². The monoisotopic (exact) mass is 317 g/mol. The standard InChI is InChI=1S/C19H27NO3/c21-19(14-16-8-4-12-22-16)20-11-5-13-23-18-10-3-7-15-6-1-2-9-17(15)18/h1-2,6,9,16,18H,3-5,7-8,10-14H2,(H,20,21)/t16-,18+/m0/s1. The summed E-state index contributed by atoms with van der Waals surface area (Å²) in [4.78, 5) is 11.8. The van der Waals surface area contributed by atoms with Crippen LogP contribution in [0.5, 0.6) is 0 Å². The number of benzene rings is 1. The third-order valence-electron chi connectivity index (χ3n) is 4.71. The fraction of sp³-hybridized carbons (Fsp3) is 0.632. The summed E-state index contributed by atoms with van der Waals surface area (Å²) in [5, 5.41) is 2.97. The molecule has 0 saturated carbocycles. The van der Waals surface area contributed by atoms with Crippen LogP contribution in [-0.4, -0.2) is 31.8 Å². The molecule has 1 aromatic rings. The van der Waals surface area contributed by atoms with Gasteiger partial charge in [0.05, 0.1) is 18.6 Å². The van der Waals surface area contributed by atoms with Gasteiger partial charge in [-0.3, -0.25) is 4.79 Å². The van der Waals surface area contributed by atoms with E-state index in [1.54, 1.807) is 0 Å². The van der Waals surface area contributed by atoms with Crippen molar-refractivity contribution < 1.29 is 14.3 Å². The second-order valence-electron chi connectivity index (χ2n) is 6.49. The van der Waals surface area contributed by atoms with E-state index in [2.05, 4.69) is 29.6 Å². The van der Waals surface area contributed by atoms with Gasteiger partial charge in [-0.25, -0.2) is 0 Å². The van der Waals surface area contributed by atoms with Crippen molar-refractivity contribution in [1.29, 1.82) is 0 Å². The van der Waals surface area contributed by atoms with Crippen molar-refractivity contribution >= 4 is 5.91 Å². The molecule has 0 spiro atoms. The van der Waals surface area contributed by atoms with Gasteiger partial charge >= 0.3 is 0 Å². The van der Waals surface area contributed by atoms with Crippen LogP contribution in [0.2, 0.25) is 0 Å². The Labute approximate surface area is 138 Å². The predicted octanol–water partition coefficient (Wildman–Crippen LogP) is 3.16. The number of carbonyl (C=O) groups is 1. The highest BCUT2D eigenvalue weighted by Crippen LogP contribution is 2.32. The summed E-state index contributed by atoms with van der Waals surface area (Å²) in [5.41, 5.74) is 2.77. The zero-order chi connectivity index (χ0) is 15.9. The average molecular weight is 317 g/mol. The Morgan fingerprint density at radius 3 is 3.04 bits per heavy atom. The molecule has 23 heavy (non-hydrogen) atoms. The van der Waals surface area contributed by atoms with Crippen LogP contribution in [-0.2, 0) is 20.7 Å². The molecule has 1 heterocycles. The number of rotatable bonds is 7. The van der Waals surface area contributed by atoms with E-state index in [4.69, 9.17) is 9.47 Å². The molecule has 4 heteroatoms. The van der Waals surface area contributed by atoms with Crippen LogP contribution < -0.4 is 5.32 Å². The molecule has 1 aliphatic heterocycles. The Hall–Kier alpha value is -1.39. The molecule has 0 aromatic heterocycles. The maximum Gasteiger partial charge on any atom is 0.222 e. The van der Waals surface area contributed by atoms with E-state index in [1.165, 1.54) is 17.5 Å². The number of ether oxygens (including phenoxy) is 2. The molecular weight excluding hydrogens is 290 g/mol. The molecule has 1 aromatic carbocycles. The molecule has 1 amide bonds. The third-order valence-corrected chi connectivity index (χ3v) is 4.71. The predicted molar refractivity (Wildman–Crippen MR) is 89.3 cm³/mol. The van der Waals surface area contributed by atoms with Crippen LogP contribution >= 0.6 is 0 Å². The van der Waals surface area contributed by atoms with Gasteiger partial charge in [-0.1, -0.05) is 24.3 Å². The summed E-state index contributed by atoms with van der Waals surface area (Å²) in [5.74, 6) is 0.0971. The van der Waals surface area contributed by atoms with Gasteiger partial charge in [-0.2, -0.15) is 0 Å². The fourth-order valence-electron chi connectivity index (χ4n) is 3.49. The summed E-state index contributed by atoms with van der Waals surface area (Å²) in [6.07, 6.45) is 7.25. The lowest BCUT2D eigenvalue weighted by atomic mass is 9.89. The van der Waals surface area contributed by atoms with E-state index >= 15 is 0 Å². The highest BCUT2D eigenvalue weighted by Gasteiger charge is 2.20. The first-order valence-corrected chi connectivity index (χ1v) is 8.90. The van der Waals surface area contributed by atoms with Crippen LogP contribution in [0.1, 0.15) is 55.8 Å². The topological polar surface area (TPSA) is 47.6 Å². The number of fused-ring (bicyclic) bond motifs is 1. The summed E-state index contributed by atoms with van der Waals surface area (Å²) >= 11 is 0. The maximum absolute atomic E-state index is 11.8. The minimum Gasteiger partial charge on any atom is -0.378 e. The fourth-order valence-corrected chi connectivity index (χ4v) is 3.49. The minimum atomic E-state index is 0.0971. The molecule has 0 unspecified atom stereocenters. The molecule has 1 fully saturated rings. The minimum absolute atomic E-state index is 0.0971. The van der Waals surface area contributed by atoms with Gasteiger partial charge in [0.2, 0.25) is 5.91 Å². The lowest BCUT2D eigenvalue weighted by molar-refractivity contribution is -0.123. The van der Waals surface area contributed by atoms with Gasteiger partial charge in [0, 0.05) is 19.8 Å². The zero-order valence-electron chi connectivity index (χ0n) is 13.8.